The van der Waals surface area contributed by atoms with Crippen LogP contribution < -0.4 is 20.1 Å². The van der Waals surface area contributed by atoms with Crippen LogP contribution in [0.5, 0.6) is 11.5 Å². The number of rotatable bonds is 7. The van der Waals surface area contributed by atoms with Gasteiger partial charge in [-0.3, -0.25) is 4.79 Å². The van der Waals surface area contributed by atoms with E-state index in [9.17, 15) is 4.79 Å². The Kier molecular flexibility index (Phi) is 6.11. The van der Waals surface area contributed by atoms with Crippen molar-refractivity contribution in [3.63, 3.8) is 0 Å². The van der Waals surface area contributed by atoms with Crippen molar-refractivity contribution in [1.82, 2.24) is 4.98 Å². The fourth-order valence-corrected chi connectivity index (χ4v) is 2.61. The van der Waals surface area contributed by atoms with Crippen molar-refractivity contribution in [2.75, 3.05) is 17.7 Å². The second-order valence-corrected chi connectivity index (χ2v) is 6.40. The smallest absolute Gasteiger partial charge is 0.255 e. The van der Waals surface area contributed by atoms with E-state index >= 15 is 0 Å². The second kappa shape index (κ2) is 8.90. The number of nitrogens with one attached hydrogen (secondary N) is 2. The summed E-state index contributed by atoms with van der Waals surface area (Å²) in [5.41, 5.74) is 1.93. The zero-order chi connectivity index (χ0) is 19.9. The predicted molar refractivity (Wildman–Crippen MR) is 111 cm³/mol. The fraction of sp³-hybridized carbons (Fsp3) is 0.182. The Labute approximate surface area is 164 Å². The average Bonchev–Trinajstić information content (AvgIpc) is 2.69. The number of hydrogen-bond acceptors (Lipinski definition) is 5. The Bertz CT molecular complexity index is 957. The van der Waals surface area contributed by atoms with Gasteiger partial charge in [0.25, 0.3) is 5.91 Å². The molecule has 2 N–H and O–H groups in total. The number of carbonyl (C=O) groups excluding carboxylic acids is 1. The maximum absolute atomic E-state index is 12.7. The summed E-state index contributed by atoms with van der Waals surface area (Å²) in [5.74, 6) is 1.69. The molecule has 0 bridgehead atoms. The molecule has 3 aromatic rings. The molecule has 2 aromatic carbocycles. The van der Waals surface area contributed by atoms with Crippen LogP contribution in [0, 0.1) is 0 Å². The van der Waals surface area contributed by atoms with E-state index in [0.29, 0.717) is 22.8 Å². The Morgan fingerprint density at radius 2 is 1.86 bits per heavy atom. The number of nitrogens with zero attached hydrogens (tertiary/aromatic N) is 1. The van der Waals surface area contributed by atoms with Crippen molar-refractivity contribution >= 4 is 23.1 Å². The van der Waals surface area contributed by atoms with Crippen molar-refractivity contribution in [2.24, 2.45) is 0 Å². The van der Waals surface area contributed by atoms with E-state index in [1.165, 1.54) is 0 Å². The highest BCUT2D eigenvalue weighted by Crippen LogP contribution is 2.26. The minimum Gasteiger partial charge on any atom is -0.497 e. The number of carbonyl (C=O) groups is 1. The third kappa shape index (κ3) is 5.01. The van der Waals surface area contributed by atoms with Crippen LogP contribution in [0.4, 0.5) is 17.2 Å². The first-order valence-corrected chi connectivity index (χ1v) is 8.99. The highest BCUT2D eigenvalue weighted by Gasteiger charge is 2.12. The minimum atomic E-state index is -0.240. The Balaban J connectivity index is 1.76. The summed E-state index contributed by atoms with van der Waals surface area (Å²) in [7, 11) is 1.61. The van der Waals surface area contributed by atoms with E-state index in [1.807, 2.05) is 62.4 Å². The molecule has 0 spiro atoms. The number of pyridine rings is 1. The topological polar surface area (TPSA) is 72.5 Å². The van der Waals surface area contributed by atoms with Crippen LogP contribution in [0.1, 0.15) is 24.2 Å². The van der Waals surface area contributed by atoms with Gasteiger partial charge in [0.05, 0.1) is 18.9 Å². The molecule has 0 atom stereocenters. The normalized spacial score (nSPS) is 10.4. The molecule has 0 aliphatic heterocycles. The SMILES string of the molecule is COc1cccc(Nc2cc(C(=O)Nc3ccccc3OC(C)C)ccn2)c1. The van der Waals surface area contributed by atoms with Gasteiger partial charge in [0.15, 0.2) is 0 Å². The molecule has 3 rings (SSSR count). The van der Waals surface area contributed by atoms with E-state index in [4.69, 9.17) is 9.47 Å². The molecule has 1 heterocycles. The van der Waals surface area contributed by atoms with Crippen LogP contribution in [-0.4, -0.2) is 24.1 Å². The molecule has 144 valence electrons. The van der Waals surface area contributed by atoms with Crippen LogP contribution in [0.3, 0.4) is 0 Å². The number of ether oxygens (including phenoxy) is 2. The zero-order valence-corrected chi connectivity index (χ0v) is 16.1. The van der Waals surface area contributed by atoms with Gasteiger partial charge in [-0.05, 0) is 50.2 Å². The molecule has 1 aromatic heterocycles. The highest BCUT2D eigenvalue weighted by atomic mass is 16.5. The second-order valence-electron chi connectivity index (χ2n) is 6.40. The summed E-state index contributed by atoms with van der Waals surface area (Å²) in [6, 6.07) is 18.2. The van der Waals surface area contributed by atoms with Crippen LogP contribution in [0.2, 0.25) is 0 Å². The van der Waals surface area contributed by atoms with E-state index in [2.05, 4.69) is 15.6 Å². The Morgan fingerprint density at radius 1 is 1.04 bits per heavy atom. The van der Waals surface area contributed by atoms with Crippen molar-refractivity contribution < 1.29 is 14.3 Å². The molecular weight excluding hydrogens is 354 g/mol. The average molecular weight is 377 g/mol. The molecule has 0 radical (unpaired) electrons. The summed E-state index contributed by atoms with van der Waals surface area (Å²) in [5, 5.41) is 6.08. The number of anilines is 3. The standard InChI is InChI=1S/C22H23N3O3/c1-15(2)28-20-10-5-4-9-19(20)25-22(26)16-11-12-23-21(13-16)24-17-7-6-8-18(14-17)27-3/h4-15H,1-3H3,(H,23,24)(H,25,26). The molecule has 0 fully saturated rings. The number of aromatic nitrogens is 1. The lowest BCUT2D eigenvalue weighted by Crippen LogP contribution is -2.14. The summed E-state index contributed by atoms with van der Waals surface area (Å²) in [6.07, 6.45) is 1.60. The van der Waals surface area contributed by atoms with E-state index in [-0.39, 0.29) is 12.0 Å². The van der Waals surface area contributed by atoms with E-state index in [1.54, 1.807) is 25.4 Å². The number of amides is 1. The third-order valence-electron chi connectivity index (χ3n) is 3.86. The number of benzene rings is 2. The van der Waals surface area contributed by atoms with Crippen molar-refractivity contribution in [2.45, 2.75) is 20.0 Å². The van der Waals surface area contributed by atoms with E-state index in [0.717, 1.165) is 11.4 Å². The Morgan fingerprint density at radius 3 is 2.64 bits per heavy atom. The van der Waals surface area contributed by atoms with Crippen LogP contribution in [0.15, 0.2) is 66.9 Å². The fourth-order valence-electron chi connectivity index (χ4n) is 2.61. The van der Waals surface area contributed by atoms with Crippen LogP contribution in [0.25, 0.3) is 0 Å². The van der Waals surface area contributed by atoms with Gasteiger partial charge >= 0.3 is 0 Å². The first-order chi connectivity index (χ1) is 13.5. The predicted octanol–water partition coefficient (Wildman–Crippen LogP) is 4.87. The maximum atomic E-state index is 12.7. The molecule has 0 aliphatic rings. The molecule has 28 heavy (non-hydrogen) atoms. The molecule has 6 nitrogen and oxygen atoms in total. The first-order valence-electron chi connectivity index (χ1n) is 8.99. The lowest BCUT2D eigenvalue weighted by Gasteiger charge is -2.15. The van der Waals surface area contributed by atoms with Gasteiger partial charge in [0, 0.05) is 23.5 Å². The van der Waals surface area contributed by atoms with E-state index < -0.39 is 0 Å². The minimum absolute atomic E-state index is 0.0117. The van der Waals surface area contributed by atoms with Gasteiger partial charge in [-0.2, -0.15) is 0 Å². The van der Waals surface area contributed by atoms with Crippen LogP contribution in [-0.2, 0) is 0 Å². The largest absolute Gasteiger partial charge is 0.497 e. The summed E-state index contributed by atoms with van der Waals surface area (Å²) < 4.78 is 11.0. The number of hydrogen-bond donors (Lipinski definition) is 2. The van der Waals surface area contributed by atoms with Gasteiger partial charge in [-0.1, -0.05) is 18.2 Å². The van der Waals surface area contributed by atoms with Crippen LogP contribution >= 0.6 is 0 Å². The van der Waals surface area contributed by atoms with Gasteiger partial charge in [0.2, 0.25) is 0 Å². The molecule has 0 unspecified atom stereocenters. The van der Waals surface area contributed by atoms with Crippen molar-refractivity contribution in [3.8, 4) is 11.5 Å². The quantitative estimate of drug-likeness (QED) is 0.614. The van der Waals surface area contributed by atoms with Crippen molar-refractivity contribution in [3.05, 3.63) is 72.4 Å². The summed E-state index contributed by atoms with van der Waals surface area (Å²) in [4.78, 5) is 17.0. The molecule has 6 heteroatoms. The lowest BCUT2D eigenvalue weighted by atomic mass is 10.2. The van der Waals surface area contributed by atoms with Gasteiger partial charge in [-0.15, -0.1) is 0 Å². The molecule has 0 saturated carbocycles. The van der Waals surface area contributed by atoms with Gasteiger partial charge in [0.1, 0.15) is 17.3 Å². The van der Waals surface area contributed by atoms with Gasteiger partial charge < -0.3 is 20.1 Å². The number of methoxy groups -OCH3 is 1. The third-order valence-corrected chi connectivity index (χ3v) is 3.86. The van der Waals surface area contributed by atoms with Crippen molar-refractivity contribution in [1.29, 1.82) is 0 Å². The lowest BCUT2D eigenvalue weighted by molar-refractivity contribution is 0.102. The summed E-state index contributed by atoms with van der Waals surface area (Å²) in [6.45, 7) is 3.88. The molecule has 0 saturated heterocycles. The van der Waals surface area contributed by atoms with Gasteiger partial charge in [-0.25, -0.2) is 4.98 Å². The first kappa shape index (κ1) is 19.2. The molecule has 1 amide bonds. The molecule has 0 aliphatic carbocycles. The highest BCUT2D eigenvalue weighted by molar-refractivity contribution is 6.05. The zero-order valence-electron chi connectivity index (χ0n) is 16.1. The Hall–Kier alpha value is -3.54. The summed E-state index contributed by atoms with van der Waals surface area (Å²) >= 11 is 0. The molecular formula is C22H23N3O3. The maximum Gasteiger partial charge on any atom is 0.255 e. The number of para-hydroxylation sites is 2. The monoisotopic (exact) mass is 377 g/mol.